The number of pyridine rings is 1. The average molecular weight is 253 g/mol. The molecule has 0 radical (unpaired) electrons. The number of nitrogens with zero attached hydrogens (tertiary/aromatic N) is 1. The highest BCUT2D eigenvalue weighted by Gasteiger charge is 2.00. The van der Waals surface area contributed by atoms with Crippen LogP contribution in [0.3, 0.4) is 0 Å². The first kappa shape index (κ1) is 11.7. The van der Waals surface area contributed by atoms with Crippen LogP contribution in [0.1, 0.15) is 5.56 Å². The molecule has 3 nitrogen and oxygen atoms in total. The average Bonchev–Trinajstić information content (AvgIpc) is 2.25. The van der Waals surface area contributed by atoms with Gasteiger partial charge in [0.15, 0.2) is 0 Å². The molecule has 0 atom stereocenters. The number of halogens is 2. The second-order valence-corrected chi connectivity index (χ2v) is 3.90. The molecule has 0 saturated heterocycles. The fourth-order valence-corrected chi connectivity index (χ4v) is 1.60. The third-order valence-corrected chi connectivity index (χ3v) is 2.34. The summed E-state index contributed by atoms with van der Waals surface area (Å²) in [5.41, 5.74) is 0.629. The van der Waals surface area contributed by atoms with Gasteiger partial charge in [-0.3, -0.25) is 0 Å². The summed E-state index contributed by atoms with van der Waals surface area (Å²) in [5, 5.41) is 12.6. The van der Waals surface area contributed by atoms with E-state index in [1.54, 1.807) is 18.2 Å². The highest BCUT2D eigenvalue weighted by molar-refractivity contribution is 6.29. The fourth-order valence-electron chi connectivity index (χ4n) is 1.43. The Hall–Kier alpha value is -1.81. The summed E-state index contributed by atoms with van der Waals surface area (Å²) in [6, 6.07) is 9.07. The van der Waals surface area contributed by atoms with Gasteiger partial charge in [-0.25, -0.2) is 9.37 Å². The molecule has 0 saturated carbocycles. The van der Waals surface area contributed by atoms with E-state index < -0.39 is 5.82 Å². The topological polar surface area (TPSA) is 45.1 Å². The van der Waals surface area contributed by atoms with Crippen molar-refractivity contribution in [2.45, 2.75) is 6.54 Å². The lowest BCUT2D eigenvalue weighted by molar-refractivity contribution is 0.468. The van der Waals surface area contributed by atoms with Crippen LogP contribution in [0.5, 0.6) is 5.75 Å². The van der Waals surface area contributed by atoms with Crippen molar-refractivity contribution in [2.75, 3.05) is 5.32 Å². The summed E-state index contributed by atoms with van der Waals surface area (Å²) in [4.78, 5) is 4.03. The maximum atomic E-state index is 13.0. The lowest BCUT2D eigenvalue weighted by Crippen LogP contribution is -2.01. The van der Waals surface area contributed by atoms with Crippen LogP contribution < -0.4 is 5.32 Å². The molecule has 17 heavy (non-hydrogen) atoms. The van der Waals surface area contributed by atoms with Crippen molar-refractivity contribution in [3.63, 3.8) is 0 Å². The Morgan fingerprint density at radius 2 is 2.12 bits per heavy atom. The zero-order valence-electron chi connectivity index (χ0n) is 8.82. The smallest absolute Gasteiger partial charge is 0.131 e. The third-order valence-electron chi connectivity index (χ3n) is 2.13. The van der Waals surface area contributed by atoms with E-state index in [1.165, 1.54) is 12.1 Å². The Morgan fingerprint density at radius 3 is 2.82 bits per heavy atom. The molecule has 0 aliphatic rings. The van der Waals surface area contributed by atoms with E-state index in [2.05, 4.69) is 10.3 Å². The number of hydrogen-bond acceptors (Lipinski definition) is 3. The van der Waals surface area contributed by atoms with Crippen molar-refractivity contribution >= 4 is 17.4 Å². The fraction of sp³-hybridized carbons (Fsp3) is 0.0833. The van der Waals surface area contributed by atoms with E-state index in [9.17, 15) is 9.50 Å². The minimum absolute atomic E-state index is 0.0964. The second kappa shape index (κ2) is 5.01. The quantitative estimate of drug-likeness (QED) is 0.825. The first-order chi connectivity index (χ1) is 8.13. The van der Waals surface area contributed by atoms with Crippen LogP contribution in [0.4, 0.5) is 10.2 Å². The second-order valence-electron chi connectivity index (χ2n) is 3.52. The van der Waals surface area contributed by atoms with E-state index in [-0.39, 0.29) is 5.75 Å². The van der Waals surface area contributed by atoms with E-state index in [1.807, 2.05) is 0 Å². The lowest BCUT2D eigenvalue weighted by Gasteiger charge is -2.06. The minimum atomic E-state index is -0.471. The zero-order valence-corrected chi connectivity index (χ0v) is 9.58. The molecule has 0 fully saturated rings. The maximum absolute atomic E-state index is 13.0. The molecule has 0 aliphatic carbocycles. The van der Waals surface area contributed by atoms with Crippen molar-refractivity contribution in [2.24, 2.45) is 0 Å². The number of aromatic nitrogens is 1. The number of hydrogen-bond donors (Lipinski definition) is 2. The third kappa shape index (κ3) is 3.32. The highest BCUT2D eigenvalue weighted by atomic mass is 35.5. The summed E-state index contributed by atoms with van der Waals surface area (Å²) >= 11 is 5.73. The van der Waals surface area contributed by atoms with Crippen LogP contribution in [0, 0.1) is 5.82 Å². The maximum Gasteiger partial charge on any atom is 0.131 e. The molecule has 2 aromatic rings. The molecule has 2 N–H and O–H groups in total. The monoisotopic (exact) mass is 252 g/mol. The van der Waals surface area contributed by atoms with Gasteiger partial charge in [0.1, 0.15) is 22.5 Å². The van der Waals surface area contributed by atoms with Crippen molar-refractivity contribution < 1.29 is 9.50 Å². The summed E-state index contributed by atoms with van der Waals surface area (Å²) in [6.07, 6.45) is 0. The molecule has 88 valence electrons. The van der Waals surface area contributed by atoms with E-state index in [4.69, 9.17) is 11.6 Å². The first-order valence-electron chi connectivity index (χ1n) is 4.98. The number of phenols is 1. The number of anilines is 1. The standard InChI is InChI=1S/C12H10ClFN2O/c13-11-2-1-3-12(16-11)15-7-8-4-9(14)6-10(17)5-8/h1-6,17H,7H2,(H,15,16). The summed E-state index contributed by atoms with van der Waals surface area (Å²) in [6.45, 7) is 0.360. The Kier molecular flexibility index (Phi) is 3.44. The number of benzene rings is 1. The largest absolute Gasteiger partial charge is 0.508 e. The molecule has 1 aromatic heterocycles. The van der Waals surface area contributed by atoms with Gasteiger partial charge < -0.3 is 10.4 Å². The Bertz CT molecular complexity index is 513. The van der Waals surface area contributed by atoms with Crippen molar-refractivity contribution in [3.05, 3.63) is 52.9 Å². The van der Waals surface area contributed by atoms with Crippen molar-refractivity contribution in [3.8, 4) is 5.75 Å². The molecule has 0 bridgehead atoms. The minimum Gasteiger partial charge on any atom is -0.508 e. The van der Waals surface area contributed by atoms with Gasteiger partial charge in [-0.15, -0.1) is 0 Å². The SMILES string of the molecule is Oc1cc(F)cc(CNc2cccc(Cl)n2)c1. The molecule has 0 spiro atoms. The van der Waals surface area contributed by atoms with Crippen LogP contribution >= 0.6 is 11.6 Å². The number of rotatable bonds is 3. The summed E-state index contributed by atoms with van der Waals surface area (Å²) in [5.74, 6) is 0.0305. The van der Waals surface area contributed by atoms with Crippen LogP contribution in [-0.2, 0) is 6.54 Å². The molecular weight excluding hydrogens is 243 g/mol. The molecule has 1 heterocycles. The van der Waals surface area contributed by atoms with Gasteiger partial charge in [-0.2, -0.15) is 0 Å². The van der Waals surface area contributed by atoms with Gasteiger partial charge in [-0.05, 0) is 29.8 Å². The van der Waals surface area contributed by atoms with Gasteiger partial charge in [0.05, 0.1) is 0 Å². The van der Waals surface area contributed by atoms with Crippen LogP contribution in [0.15, 0.2) is 36.4 Å². The van der Waals surface area contributed by atoms with Crippen molar-refractivity contribution in [1.82, 2.24) is 4.98 Å². The molecule has 2 rings (SSSR count). The van der Waals surface area contributed by atoms with Gasteiger partial charge in [0.2, 0.25) is 0 Å². The predicted molar refractivity (Wildman–Crippen MR) is 64.6 cm³/mol. The summed E-state index contributed by atoms with van der Waals surface area (Å²) < 4.78 is 13.0. The number of nitrogens with one attached hydrogen (secondary N) is 1. The van der Waals surface area contributed by atoms with Gasteiger partial charge in [0, 0.05) is 12.6 Å². The first-order valence-corrected chi connectivity index (χ1v) is 5.36. The normalized spacial score (nSPS) is 10.2. The molecule has 0 unspecified atom stereocenters. The number of phenolic OH excluding ortho intramolecular Hbond substituents is 1. The van der Waals surface area contributed by atoms with E-state index in [0.717, 1.165) is 6.07 Å². The molecule has 0 aliphatic heterocycles. The zero-order chi connectivity index (χ0) is 12.3. The predicted octanol–water partition coefficient (Wildman–Crippen LogP) is 3.19. The van der Waals surface area contributed by atoms with Crippen molar-refractivity contribution in [1.29, 1.82) is 0 Å². The van der Waals surface area contributed by atoms with E-state index >= 15 is 0 Å². The van der Waals surface area contributed by atoms with Gasteiger partial charge in [-0.1, -0.05) is 17.7 Å². The Morgan fingerprint density at radius 1 is 1.29 bits per heavy atom. The van der Waals surface area contributed by atoms with Crippen LogP contribution in [0.2, 0.25) is 5.15 Å². The Balaban J connectivity index is 2.07. The molecular formula is C12H10ClFN2O. The summed E-state index contributed by atoms with van der Waals surface area (Å²) in [7, 11) is 0. The Labute approximate surface area is 103 Å². The molecule has 5 heteroatoms. The van der Waals surface area contributed by atoms with Gasteiger partial charge >= 0.3 is 0 Å². The van der Waals surface area contributed by atoms with Crippen LogP contribution in [0.25, 0.3) is 0 Å². The molecule has 0 amide bonds. The van der Waals surface area contributed by atoms with Gasteiger partial charge in [0.25, 0.3) is 0 Å². The number of aromatic hydroxyl groups is 1. The van der Waals surface area contributed by atoms with Crippen LogP contribution in [-0.4, -0.2) is 10.1 Å². The molecule has 1 aromatic carbocycles. The lowest BCUT2D eigenvalue weighted by atomic mass is 10.2. The highest BCUT2D eigenvalue weighted by Crippen LogP contribution is 2.16. The van der Waals surface area contributed by atoms with E-state index in [0.29, 0.717) is 23.1 Å².